The van der Waals surface area contributed by atoms with Crippen molar-refractivity contribution in [3.63, 3.8) is 0 Å². The van der Waals surface area contributed by atoms with E-state index < -0.39 is 18.3 Å². The minimum atomic E-state index is -1.20. The summed E-state index contributed by atoms with van der Waals surface area (Å²) in [5.41, 5.74) is -0.932. The van der Waals surface area contributed by atoms with Crippen molar-refractivity contribution in [3.05, 3.63) is 24.3 Å². The Morgan fingerprint density at radius 3 is 2.44 bits per heavy atom. The molecule has 1 aliphatic rings. The largest absolute Gasteiger partial charge is 0.491 e. The maximum absolute atomic E-state index is 12.3. The lowest BCUT2D eigenvalue weighted by atomic mass is 9.76. The summed E-state index contributed by atoms with van der Waals surface area (Å²) in [6, 6.07) is 6.82. The Hall–Kier alpha value is -1.57. The van der Waals surface area contributed by atoms with Crippen LogP contribution in [0.1, 0.15) is 47.0 Å². The predicted octanol–water partition coefficient (Wildman–Crippen LogP) is 1.96. The first-order valence-corrected chi connectivity index (χ1v) is 8.84. The van der Waals surface area contributed by atoms with Crippen LogP contribution in [0.25, 0.3) is 0 Å². The molecule has 1 aromatic carbocycles. The average Bonchev–Trinajstić information content (AvgIpc) is 2.54. The number of anilines is 1. The molecule has 0 radical (unpaired) electrons. The molecule has 1 heterocycles. The third-order valence-corrected chi connectivity index (χ3v) is 4.95. The first kappa shape index (κ1) is 19.8. The van der Waals surface area contributed by atoms with E-state index in [2.05, 4.69) is 5.32 Å². The SMILES string of the molecule is CC(C)(O)C(C)(C)OB(O)c1cccc(NC(=O)N2CCCCC2)c1. The Balaban J connectivity index is 2.03. The van der Waals surface area contributed by atoms with Crippen LogP contribution >= 0.6 is 0 Å². The number of aliphatic hydroxyl groups is 1. The van der Waals surface area contributed by atoms with Crippen molar-refractivity contribution in [1.82, 2.24) is 4.90 Å². The van der Waals surface area contributed by atoms with E-state index in [0.29, 0.717) is 11.2 Å². The van der Waals surface area contributed by atoms with Crippen LogP contribution in [0.4, 0.5) is 10.5 Å². The first-order chi connectivity index (χ1) is 11.6. The molecule has 7 heteroatoms. The van der Waals surface area contributed by atoms with Crippen LogP contribution in [-0.2, 0) is 4.65 Å². The third kappa shape index (κ3) is 5.20. The van der Waals surface area contributed by atoms with Crippen LogP contribution in [0, 0.1) is 0 Å². The Bertz CT molecular complexity index is 595. The van der Waals surface area contributed by atoms with Gasteiger partial charge < -0.3 is 25.0 Å². The lowest BCUT2D eigenvalue weighted by Gasteiger charge is -2.38. The summed E-state index contributed by atoms with van der Waals surface area (Å²) >= 11 is 0. The fourth-order valence-electron chi connectivity index (χ4n) is 2.56. The van der Waals surface area contributed by atoms with Crippen molar-refractivity contribution in [3.8, 4) is 0 Å². The Morgan fingerprint density at radius 1 is 1.20 bits per heavy atom. The molecule has 0 spiro atoms. The quantitative estimate of drug-likeness (QED) is 0.711. The second-order valence-electron chi connectivity index (χ2n) is 7.64. The zero-order valence-electron chi connectivity index (χ0n) is 15.6. The number of nitrogens with one attached hydrogen (secondary N) is 1. The van der Waals surface area contributed by atoms with E-state index in [1.807, 2.05) is 0 Å². The highest BCUT2D eigenvalue weighted by atomic mass is 16.5. The second-order valence-corrected chi connectivity index (χ2v) is 7.64. The summed E-state index contributed by atoms with van der Waals surface area (Å²) in [6.45, 7) is 8.26. The van der Waals surface area contributed by atoms with E-state index in [9.17, 15) is 14.9 Å². The van der Waals surface area contributed by atoms with E-state index in [4.69, 9.17) is 4.65 Å². The van der Waals surface area contributed by atoms with Gasteiger partial charge in [0.1, 0.15) is 0 Å². The van der Waals surface area contributed by atoms with E-state index >= 15 is 0 Å². The number of carbonyl (C=O) groups is 1. The molecule has 0 bridgehead atoms. The van der Waals surface area contributed by atoms with Gasteiger partial charge in [-0.05, 0) is 64.6 Å². The molecular weight excluding hydrogens is 319 g/mol. The average molecular weight is 348 g/mol. The van der Waals surface area contributed by atoms with Gasteiger partial charge >= 0.3 is 13.1 Å². The number of nitrogens with zero attached hydrogens (tertiary/aromatic N) is 1. The minimum absolute atomic E-state index is 0.121. The van der Waals surface area contributed by atoms with Crippen LogP contribution in [-0.4, -0.2) is 52.5 Å². The van der Waals surface area contributed by atoms with Crippen LogP contribution in [0.15, 0.2) is 24.3 Å². The second kappa shape index (κ2) is 7.76. The van der Waals surface area contributed by atoms with Crippen LogP contribution in [0.3, 0.4) is 0 Å². The number of amides is 2. The third-order valence-electron chi connectivity index (χ3n) is 4.95. The molecule has 0 saturated carbocycles. The minimum Gasteiger partial charge on any atom is -0.423 e. The smallest absolute Gasteiger partial charge is 0.423 e. The zero-order valence-corrected chi connectivity index (χ0v) is 15.6. The molecule has 6 nitrogen and oxygen atoms in total. The van der Waals surface area contributed by atoms with Gasteiger partial charge in [0.25, 0.3) is 0 Å². The standard InChI is InChI=1S/C18H29BN2O4/c1-17(2,23)18(3,4)25-19(24)14-9-8-10-15(13-14)20-16(22)21-11-6-5-7-12-21/h8-10,13,23-24H,5-7,11-12H2,1-4H3,(H,20,22). The molecule has 2 rings (SSSR count). The molecule has 1 aromatic rings. The molecule has 0 aliphatic carbocycles. The number of benzene rings is 1. The van der Waals surface area contributed by atoms with Crippen molar-refractivity contribution in [2.75, 3.05) is 18.4 Å². The lowest BCUT2D eigenvalue weighted by Crippen LogP contribution is -2.53. The fraction of sp³-hybridized carbons (Fsp3) is 0.611. The van der Waals surface area contributed by atoms with Gasteiger partial charge in [-0.3, -0.25) is 0 Å². The molecule has 2 amide bonds. The normalized spacial score (nSPS) is 15.8. The number of carbonyl (C=O) groups excluding carboxylic acids is 1. The van der Waals surface area contributed by atoms with Crippen LogP contribution in [0.5, 0.6) is 0 Å². The topological polar surface area (TPSA) is 82.0 Å². The molecule has 1 saturated heterocycles. The van der Waals surface area contributed by atoms with Gasteiger partial charge in [0.15, 0.2) is 0 Å². The van der Waals surface area contributed by atoms with Crippen molar-refractivity contribution in [1.29, 1.82) is 0 Å². The Kier molecular flexibility index (Phi) is 6.14. The number of likely N-dealkylation sites (tertiary alicyclic amines) is 1. The maximum Gasteiger partial charge on any atom is 0.491 e. The predicted molar refractivity (Wildman–Crippen MR) is 100.0 cm³/mol. The molecule has 0 unspecified atom stereocenters. The highest BCUT2D eigenvalue weighted by Crippen LogP contribution is 2.25. The summed E-state index contributed by atoms with van der Waals surface area (Å²) in [6.07, 6.45) is 3.23. The van der Waals surface area contributed by atoms with Crippen molar-refractivity contribution in [2.24, 2.45) is 0 Å². The number of rotatable bonds is 5. The zero-order chi connectivity index (χ0) is 18.7. The molecule has 138 valence electrons. The highest BCUT2D eigenvalue weighted by Gasteiger charge is 2.39. The number of hydrogen-bond donors (Lipinski definition) is 3. The number of urea groups is 1. The van der Waals surface area contributed by atoms with Gasteiger partial charge in [0.2, 0.25) is 0 Å². The molecule has 3 N–H and O–H groups in total. The molecule has 1 aliphatic heterocycles. The van der Waals surface area contributed by atoms with Crippen molar-refractivity contribution in [2.45, 2.75) is 58.2 Å². The summed E-state index contributed by atoms with van der Waals surface area (Å²) in [4.78, 5) is 14.1. The van der Waals surface area contributed by atoms with Crippen LogP contribution in [0.2, 0.25) is 0 Å². The van der Waals surface area contributed by atoms with Gasteiger partial charge in [-0.15, -0.1) is 0 Å². The molecule has 0 aromatic heterocycles. The van der Waals surface area contributed by atoms with Gasteiger partial charge in [-0.25, -0.2) is 4.79 Å². The number of piperidine rings is 1. The van der Waals surface area contributed by atoms with Crippen LogP contribution < -0.4 is 10.8 Å². The molecule has 0 atom stereocenters. The molecular formula is C18H29BN2O4. The molecule has 1 fully saturated rings. The summed E-state index contributed by atoms with van der Waals surface area (Å²) < 4.78 is 5.65. The number of hydrogen-bond acceptors (Lipinski definition) is 4. The van der Waals surface area contributed by atoms with Gasteiger partial charge in [-0.1, -0.05) is 12.1 Å². The summed E-state index contributed by atoms with van der Waals surface area (Å²) in [5.74, 6) is 0. The van der Waals surface area contributed by atoms with Gasteiger partial charge in [0.05, 0.1) is 11.2 Å². The Labute approximate surface area is 150 Å². The molecule has 25 heavy (non-hydrogen) atoms. The van der Waals surface area contributed by atoms with E-state index in [0.717, 1.165) is 25.9 Å². The Morgan fingerprint density at radius 2 is 1.84 bits per heavy atom. The lowest BCUT2D eigenvalue weighted by molar-refractivity contribution is -0.0982. The monoisotopic (exact) mass is 348 g/mol. The van der Waals surface area contributed by atoms with Gasteiger partial charge in [0, 0.05) is 18.8 Å². The first-order valence-electron chi connectivity index (χ1n) is 8.84. The highest BCUT2D eigenvalue weighted by molar-refractivity contribution is 6.60. The summed E-state index contributed by atoms with van der Waals surface area (Å²) in [7, 11) is -1.20. The van der Waals surface area contributed by atoms with E-state index in [1.165, 1.54) is 6.42 Å². The summed E-state index contributed by atoms with van der Waals surface area (Å²) in [5, 5.41) is 23.4. The fourth-order valence-corrected chi connectivity index (χ4v) is 2.56. The van der Waals surface area contributed by atoms with E-state index in [-0.39, 0.29) is 6.03 Å². The van der Waals surface area contributed by atoms with Crippen molar-refractivity contribution >= 4 is 24.3 Å². The maximum atomic E-state index is 12.3. The van der Waals surface area contributed by atoms with Crippen molar-refractivity contribution < 1.29 is 19.6 Å². The van der Waals surface area contributed by atoms with E-state index in [1.54, 1.807) is 56.9 Å². The van der Waals surface area contributed by atoms with Gasteiger partial charge in [-0.2, -0.15) is 0 Å².